The van der Waals surface area contributed by atoms with Crippen LogP contribution in [0.25, 0.3) is 0 Å². The van der Waals surface area contributed by atoms with Crippen LogP contribution in [0, 0.1) is 0 Å². The molecular weight excluding hydrogens is 386 g/mol. The minimum absolute atomic E-state index is 0. The van der Waals surface area contributed by atoms with E-state index in [4.69, 9.17) is 4.74 Å². The fraction of sp³-hybridized carbons (Fsp3) is 0.958. The van der Waals surface area contributed by atoms with Crippen molar-refractivity contribution in [3.05, 3.63) is 0 Å². The topological polar surface area (TPSA) is 35.5 Å². The maximum atomic E-state index is 11.0. The number of carbonyl (C=O) groups excluding carboxylic acids is 1. The highest BCUT2D eigenvalue weighted by molar-refractivity contribution is 5.68. The number of methoxy groups -OCH3 is 1. The number of unbranched alkanes of at least 4 members (excludes halogenated alkanes) is 13. The number of hydrogen-bond acceptors (Lipinski definition) is 3. The second-order valence-corrected chi connectivity index (χ2v) is 8.97. The zero-order valence-electron chi connectivity index (χ0n) is 20.0. The zero-order chi connectivity index (χ0) is 20.9. The first-order chi connectivity index (χ1) is 13.5. The Balaban J connectivity index is 0. The normalized spacial score (nSPS) is 11.3. The third-order valence-electron chi connectivity index (χ3n) is 5.46. The maximum Gasteiger partial charge on any atom is 0.305 e. The SMILES string of the molecule is CCCCCCCCCOC[N+](C)(C)CCCCCCCCCCC(=O)OC.[Cl-]. The summed E-state index contributed by atoms with van der Waals surface area (Å²) in [7, 11) is 6.03. The molecule has 0 N–H and O–H groups in total. The van der Waals surface area contributed by atoms with Gasteiger partial charge in [0.25, 0.3) is 0 Å². The Morgan fingerprint density at radius 3 is 1.76 bits per heavy atom. The predicted octanol–water partition coefficient (Wildman–Crippen LogP) is 3.48. The second-order valence-electron chi connectivity index (χ2n) is 8.97. The lowest BCUT2D eigenvalue weighted by molar-refractivity contribution is -0.909. The molecule has 0 aliphatic rings. The number of esters is 1. The molecule has 4 nitrogen and oxygen atoms in total. The van der Waals surface area contributed by atoms with Crippen LogP contribution >= 0.6 is 0 Å². The summed E-state index contributed by atoms with van der Waals surface area (Å²) in [5, 5.41) is 0. The lowest BCUT2D eigenvalue weighted by atomic mass is 10.1. The maximum absolute atomic E-state index is 11.0. The molecule has 176 valence electrons. The molecule has 0 rings (SSSR count). The Labute approximate surface area is 188 Å². The molecule has 0 saturated heterocycles. The summed E-state index contributed by atoms with van der Waals surface area (Å²) in [6.45, 7) is 5.24. The third-order valence-corrected chi connectivity index (χ3v) is 5.46. The van der Waals surface area contributed by atoms with Gasteiger partial charge in [0, 0.05) is 6.42 Å². The van der Waals surface area contributed by atoms with Gasteiger partial charge in [-0.25, -0.2) is 0 Å². The van der Waals surface area contributed by atoms with Crippen molar-refractivity contribution in [3.8, 4) is 0 Å². The van der Waals surface area contributed by atoms with E-state index < -0.39 is 0 Å². The molecule has 0 unspecified atom stereocenters. The Hall–Kier alpha value is -0.320. The lowest BCUT2D eigenvalue weighted by Crippen LogP contribution is -3.00. The number of carbonyl (C=O) groups is 1. The van der Waals surface area contributed by atoms with Gasteiger partial charge in [-0.05, 0) is 25.7 Å². The number of halogens is 1. The van der Waals surface area contributed by atoms with Crippen molar-refractivity contribution in [3.63, 3.8) is 0 Å². The van der Waals surface area contributed by atoms with Crippen LogP contribution in [0.3, 0.4) is 0 Å². The fourth-order valence-corrected chi connectivity index (χ4v) is 3.51. The van der Waals surface area contributed by atoms with Gasteiger partial charge >= 0.3 is 5.97 Å². The van der Waals surface area contributed by atoms with Gasteiger partial charge < -0.3 is 26.4 Å². The van der Waals surface area contributed by atoms with Crippen LogP contribution in [-0.4, -0.2) is 51.5 Å². The number of hydrogen-bond donors (Lipinski definition) is 0. The molecule has 0 radical (unpaired) electrons. The van der Waals surface area contributed by atoms with E-state index in [1.165, 1.54) is 97.1 Å². The Morgan fingerprint density at radius 1 is 0.724 bits per heavy atom. The van der Waals surface area contributed by atoms with Crippen LogP contribution in [0.2, 0.25) is 0 Å². The first kappa shape index (κ1) is 30.9. The Kier molecular flexibility index (Phi) is 23.8. The molecular formula is C24H50ClNO3. The molecule has 0 aromatic heterocycles. The highest BCUT2D eigenvalue weighted by Crippen LogP contribution is 2.12. The third kappa shape index (κ3) is 23.8. The molecule has 0 bridgehead atoms. The molecule has 0 spiro atoms. The van der Waals surface area contributed by atoms with E-state index in [0.717, 1.165) is 30.7 Å². The van der Waals surface area contributed by atoms with Gasteiger partial charge in [0.15, 0.2) is 6.73 Å². The van der Waals surface area contributed by atoms with Crippen molar-refractivity contribution in [2.24, 2.45) is 0 Å². The Morgan fingerprint density at radius 2 is 1.21 bits per heavy atom. The van der Waals surface area contributed by atoms with Crippen molar-refractivity contribution >= 4 is 5.97 Å². The molecule has 0 aromatic carbocycles. The summed E-state index contributed by atoms with van der Waals surface area (Å²) in [5.74, 6) is -0.0767. The molecule has 0 aliphatic heterocycles. The molecule has 0 heterocycles. The number of nitrogens with zero attached hydrogens (tertiary/aromatic N) is 1. The highest BCUT2D eigenvalue weighted by atomic mass is 35.5. The number of rotatable bonds is 21. The predicted molar refractivity (Wildman–Crippen MR) is 119 cm³/mol. The minimum Gasteiger partial charge on any atom is -1.00 e. The van der Waals surface area contributed by atoms with E-state index >= 15 is 0 Å². The van der Waals surface area contributed by atoms with Crippen LogP contribution in [-0.2, 0) is 14.3 Å². The van der Waals surface area contributed by atoms with Gasteiger partial charge in [0.1, 0.15) is 0 Å². The van der Waals surface area contributed by atoms with Crippen molar-refractivity contribution in [2.45, 2.75) is 110 Å². The van der Waals surface area contributed by atoms with Crippen molar-refractivity contribution in [2.75, 3.05) is 41.1 Å². The summed E-state index contributed by atoms with van der Waals surface area (Å²) >= 11 is 0. The van der Waals surface area contributed by atoms with E-state index in [1.807, 2.05) is 0 Å². The van der Waals surface area contributed by atoms with Gasteiger partial charge in [-0.15, -0.1) is 0 Å². The second kappa shape index (κ2) is 22.4. The average Bonchev–Trinajstić information content (AvgIpc) is 2.67. The quantitative estimate of drug-likeness (QED) is 0.120. The van der Waals surface area contributed by atoms with Crippen LogP contribution in [0.15, 0.2) is 0 Å². The summed E-state index contributed by atoms with van der Waals surface area (Å²) in [6, 6.07) is 0. The number of ether oxygens (including phenoxy) is 2. The van der Waals surface area contributed by atoms with Gasteiger partial charge in [0.2, 0.25) is 0 Å². The molecule has 0 atom stereocenters. The first-order valence-corrected chi connectivity index (χ1v) is 12.0. The van der Waals surface area contributed by atoms with Gasteiger partial charge in [0.05, 0.1) is 34.4 Å². The van der Waals surface area contributed by atoms with E-state index in [0.29, 0.717) is 6.42 Å². The molecule has 0 saturated carbocycles. The summed E-state index contributed by atoms with van der Waals surface area (Å²) in [5.41, 5.74) is 0. The van der Waals surface area contributed by atoms with E-state index in [2.05, 4.69) is 25.8 Å². The van der Waals surface area contributed by atoms with Gasteiger partial charge in [-0.1, -0.05) is 77.6 Å². The van der Waals surface area contributed by atoms with Crippen LogP contribution in [0.5, 0.6) is 0 Å². The summed E-state index contributed by atoms with van der Waals surface area (Å²) < 4.78 is 11.6. The molecule has 0 aromatic rings. The first-order valence-electron chi connectivity index (χ1n) is 12.0. The van der Waals surface area contributed by atoms with Crippen LogP contribution in [0.1, 0.15) is 110 Å². The van der Waals surface area contributed by atoms with Crippen LogP contribution < -0.4 is 12.4 Å². The molecule has 0 fully saturated rings. The molecule has 0 amide bonds. The van der Waals surface area contributed by atoms with Crippen molar-refractivity contribution in [1.29, 1.82) is 0 Å². The summed E-state index contributed by atoms with van der Waals surface area (Å²) in [6.07, 6.45) is 19.9. The fourth-order valence-electron chi connectivity index (χ4n) is 3.51. The standard InChI is InChI=1S/C24H50NO3.ClH/c1-5-6-7-8-13-16-19-22-28-23-25(2,3)21-18-15-12-10-9-11-14-17-20-24(26)27-4;/h5-23H2,1-4H3;1H/q+1;/p-1. The minimum atomic E-state index is -0.0767. The largest absolute Gasteiger partial charge is 1.00 e. The number of quaternary nitrogens is 1. The Bertz CT molecular complexity index is 351. The van der Waals surface area contributed by atoms with Crippen molar-refractivity contribution in [1.82, 2.24) is 0 Å². The van der Waals surface area contributed by atoms with Gasteiger partial charge in [-0.3, -0.25) is 4.79 Å². The molecule has 29 heavy (non-hydrogen) atoms. The highest BCUT2D eigenvalue weighted by Gasteiger charge is 2.14. The van der Waals surface area contributed by atoms with Crippen molar-refractivity contribution < 1.29 is 31.2 Å². The monoisotopic (exact) mass is 435 g/mol. The van der Waals surface area contributed by atoms with E-state index in [-0.39, 0.29) is 18.4 Å². The molecule has 5 heteroatoms. The smallest absolute Gasteiger partial charge is 0.305 e. The zero-order valence-corrected chi connectivity index (χ0v) is 20.7. The van der Waals surface area contributed by atoms with E-state index in [9.17, 15) is 4.79 Å². The average molecular weight is 436 g/mol. The molecule has 0 aliphatic carbocycles. The van der Waals surface area contributed by atoms with Gasteiger partial charge in [-0.2, -0.15) is 0 Å². The van der Waals surface area contributed by atoms with Crippen LogP contribution in [0.4, 0.5) is 0 Å². The van der Waals surface area contributed by atoms with E-state index in [1.54, 1.807) is 0 Å². The summed E-state index contributed by atoms with van der Waals surface area (Å²) in [4.78, 5) is 11.0. The lowest BCUT2D eigenvalue weighted by Gasteiger charge is -2.29.